The van der Waals surface area contributed by atoms with Gasteiger partial charge >= 0.3 is 6.18 Å². The van der Waals surface area contributed by atoms with Gasteiger partial charge in [-0.15, -0.1) is 23.7 Å². The van der Waals surface area contributed by atoms with E-state index in [1.807, 2.05) is 0 Å². The van der Waals surface area contributed by atoms with E-state index in [4.69, 9.17) is 5.73 Å². The average Bonchev–Trinajstić information content (AvgIpc) is 2.94. The summed E-state index contributed by atoms with van der Waals surface area (Å²) in [7, 11) is 0. The molecule has 0 bridgehead atoms. The Hall–Kier alpha value is -1.80. The smallest absolute Gasteiger partial charge is 0.399 e. The molecule has 0 aliphatic rings. The molecule has 0 saturated heterocycles. The fourth-order valence-electron chi connectivity index (χ4n) is 1.84. The maximum Gasteiger partial charge on any atom is 0.434 e. The van der Waals surface area contributed by atoms with Gasteiger partial charge in [0.15, 0.2) is 5.69 Å². The quantitative estimate of drug-likeness (QED) is 0.803. The van der Waals surface area contributed by atoms with E-state index in [1.165, 1.54) is 6.07 Å². The van der Waals surface area contributed by atoms with E-state index < -0.39 is 23.8 Å². The van der Waals surface area contributed by atoms with E-state index in [1.54, 1.807) is 25.1 Å². The van der Waals surface area contributed by atoms with Crippen molar-refractivity contribution in [1.82, 2.24) is 10.3 Å². The summed E-state index contributed by atoms with van der Waals surface area (Å²) in [6.07, 6.45) is -4.05. The number of rotatable bonds is 4. The first-order chi connectivity index (χ1) is 10.3. The van der Waals surface area contributed by atoms with Crippen LogP contribution in [-0.4, -0.2) is 10.9 Å². The lowest BCUT2D eigenvalue weighted by atomic mass is 10.1. The van der Waals surface area contributed by atoms with Crippen LogP contribution < -0.4 is 11.1 Å². The topological polar surface area (TPSA) is 68.0 Å². The van der Waals surface area contributed by atoms with Crippen LogP contribution in [0.1, 0.15) is 40.4 Å². The highest BCUT2D eigenvalue weighted by Crippen LogP contribution is 2.32. The van der Waals surface area contributed by atoms with E-state index in [2.05, 4.69) is 10.3 Å². The van der Waals surface area contributed by atoms with E-state index in [9.17, 15) is 18.0 Å². The standard InChI is InChI=1S/C14H14F3N3OS.ClH/c1-2-10(13-20-11(7-22-13)14(15,16)17)19-12(21)8-4-3-5-9(18)6-8;/h3-7,10H,2,18H2,1H3,(H,19,21);1H. The first-order valence-corrected chi connectivity index (χ1v) is 7.38. The van der Waals surface area contributed by atoms with Gasteiger partial charge in [-0.25, -0.2) is 4.98 Å². The number of benzene rings is 1. The number of hydrogen-bond acceptors (Lipinski definition) is 4. The van der Waals surface area contributed by atoms with Gasteiger partial charge in [-0.05, 0) is 24.6 Å². The fourth-order valence-corrected chi connectivity index (χ4v) is 2.80. The van der Waals surface area contributed by atoms with Crippen LogP contribution in [0.4, 0.5) is 18.9 Å². The molecule has 2 aromatic rings. The maximum atomic E-state index is 12.6. The van der Waals surface area contributed by atoms with Gasteiger partial charge in [-0.1, -0.05) is 13.0 Å². The summed E-state index contributed by atoms with van der Waals surface area (Å²) in [5.74, 6) is -0.400. The van der Waals surface area contributed by atoms with Crippen molar-refractivity contribution in [1.29, 1.82) is 0 Å². The lowest BCUT2D eigenvalue weighted by molar-refractivity contribution is -0.140. The molecule has 1 aromatic carbocycles. The lowest BCUT2D eigenvalue weighted by Gasteiger charge is -2.14. The summed E-state index contributed by atoms with van der Waals surface area (Å²) in [5, 5.41) is 3.86. The van der Waals surface area contributed by atoms with Crippen LogP contribution in [0.3, 0.4) is 0 Å². The zero-order chi connectivity index (χ0) is 16.3. The van der Waals surface area contributed by atoms with Crippen molar-refractivity contribution in [2.45, 2.75) is 25.6 Å². The SMILES string of the molecule is CCC(NC(=O)c1cccc(N)c1)c1nc(C(F)(F)F)cs1.Cl. The number of thiazole rings is 1. The number of halogens is 4. The van der Waals surface area contributed by atoms with Crippen molar-refractivity contribution < 1.29 is 18.0 Å². The Morgan fingerprint density at radius 2 is 2.13 bits per heavy atom. The number of amides is 1. The van der Waals surface area contributed by atoms with E-state index in [0.29, 0.717) is 17.7 Å². The number of nitrogen functional groups attached to an aromatic ring is 1. The average molecular weight is 366 g/mol. The Labute approximate surface area is 141 Å². The summed E-state index contributed by atoms with van der Waals surface area (Å²) in [6.45, 7) is 1.76. The maximum absolute atomic E-state index is 12.6. The third kappa shape index (κ3) is 4.84. The highest BCUT2D eigenvalue weighted by molar-refractivity contribution is 7.09. The van der Waals surface area contributed by atoms with Gasteiger partial charge in [-0.2, -0.15) is 13.2 Å². The van der Waals surface area contributed by atoms with Crippen molar-refractivity contribution in [3.05, 3.63) is 45.9 Å². The molecular weight excluding hydrogens is 351 g/mol. The minimum atomic E-state index is -4.48. The molecule has 1 atom stereocenters. The molecule has 4 nitrogen and oxygen atoms in total. The molecule has 0 radical (unpaired) electrons. The van der Waals surface area contributed by atoms with Gasteiger partial charge in [-0.3, -0.25) is 4.79 Å². The third-order valence-corrected chi connectivity index (χ3v) is 3.93. The lowest BCUT2D eigenvalue weighted by Crippen LogP contribution is -2.28. The number of alkyl halides is 3. The van der Waals surface area contributed by atoms with Crippen molar-refractivity contribution in [3.63, 3.8) is 0 Å². The second-order valence-electron chi connectivity index (χ2n) is 4.63. The minimum absolute atomic E-state index is 0. The summed E-state index contributed by atoms with van der Waals surface area (Å²) in [4.78, 5) is 15.7. The largest absolute Gasteiger partial charge is 0.434 e. The number of nitrogens with one attached hydrogen (secondary N) is 1. The Morgan fingerprint density at radius 1 is 1.43 bits per heavy atom. The van der Waals surface area contributed by atoms with E-state index in [-0.39, 0.29) is 17.4 Å². The predicted octanol–water partition coefficient (Wildman–Crippen LogP) is 4.05. The van der Waals surface area contributed by atoms with Crippen molar-refractivity contribution in [2.75, 3.05) is 5.73 Å². The summed E-state index contributed by atoms with van der Waals surface area (Å²) in [5.41, 5.74) is 5.46. The van der Waals surface area contributed by atoms with Crippen molar-refractivity contribution in [3.8, 4) is 0 Å². The first kappa shape index (κ1) is 19.2. The molecule has 0 aliphatic carbocycles. The molecule has 1 aromatic heterocycles. The molecule has 0 saturated carbocycles. The number of carbonyl (C=O) groups is 1. The summed E-state index contributed by atoms with van der Waals surface area (Å²) in [6, 6.07) is 5.79. The number of hydrogen-bond donors (Lipinski definition) is 2. The normalized spacial score (nSPS) is 12.3. The third-order valence-electron chi connectivity index (χ3n) is 2.97. The minimum Gasteiger partial charge on any atom is -0.399 e. The molecule has 1 amide bonds. The van der Waals surface area contributed by atoms with Gasteiger partial charge < -0.3 is 11.1 Å². The monoisotopic (exact) mass is 365 g/mol. The molecule has 23 heavy (non-hydrogen) atoms. The fraction of sp³-hybridized carbons (Fsp3) is 0.286. The predicted molar refractivity (Wildman–Crippen MR) is 85.7 cm³/mol. The molecule has 3 N–H and O–H groups in total. The van der Waals surface area contributed by atoms with Crippen LogP contribution in [0.5, 0.6) is 0 Å². The Kier molecular flexibility index (Phi) is 6.40. The zero-order valence-electron chi connectivity index (χ0n) is 12.1. The summed E-state index contributed by atoms with van der Waals surface area (Å²) >= 11 is 0.879. The molecule has 0 spiro atoms. The number of nitrogens with zero attached hydrogens (tertiary/aromatic N) is 1. The van der Waals surface area contributed by atoms with Crippen LogP contribution in [0, 0.1) is 0 Å². The second kappa shape index (κ2) is 7.65. The number of aromatic nitrogens is 1. The Bertz CT molecular complexity index is 675. The first-order valence-electron chi connectivity index (χ1n) is 6.50. The molecule has 1 heterocycles. The van der Waals surface area contributed by atoms with Gasteiger partial charge in [0, 0.05) is 16.6 Å². The van der Waals surface area contributed by atoms with Crippen LogP contribution in [0.25, 0.3) is 0 Å². The number of nitrogens with two attached hydrogens (primary N) is 1. The highest BCUT2D eigenvalue weighted by Gasteiger charge is 2.34. The van der Waals surface area contributed by atoms with Gasteiger partial charge in [0.25, 0.3) is 5.91 Å². The van der Waals surface area contributed by atoms with E-state index >= 15 is 0 Å². The number of anilines is 1. The van der Waals surface area contributed by atoms with Gasteiger partial charge in [0.2, 0.25) is 0 Å². The molecule has 9 heteroatoms. The van der Waals surface area contributed by atoms with Crippen molar-refractivity contribution >= 4 is 35.3 Å². The van der Waals surface area contributed by atoms with Gasteiger partial charge in [0.05, 0.1) is 6.04 Å². The van der Waals surface area contributed by atoms with Crippen LogP contribution in [0.15, 0.2) is 29.6 Å². The zero-order valence-corrected chi connectivity index (χ0v) is 13.7. The molecule has 126 valence electrons. The van der Waals surface area contributed by atoms with Crippen LogP contribution >= 0.6 is 23.7 Å². The van der Waals surface area contributed by atoms with Gasteiger partial charge in [0.1, 0.15) is 5.01 Å². The number of carbonyl (C=O) groups excluding carboxylic acids is 1. The Morgan fingerprint density at radius 3 is 2.65 bits per heavy atom. The molecule has 2 rings (SSSR count). The molecular formula is C14H15ClF3N3OS. The second-order valence-corrected chi connectivity index (χ2v) is 5.52. The van der Waals surface area contributed by atoms with E-state index in [0.717, 1.165) is 16.7 Å². The van der Waals surface area contributed by atoms with Crippen molar-refractivity contribution in [2.24, 2.45) is 0 Å². The Balaban J connectivity index is 0.00000264. The highest BCUT2D eigenvalue weighted by atomic mass is 35.5. The van der Waals surface area contributed by atoms with Crippen LogP contribution in [-0.2, 0) is 6.18 Å². The summed E-state index contributed by atoms with van der Waals surface area (Å²) < 4.78 is 37.8. The molecule has 1 unspecified atom stereocenters. The molecule has 0 fully saturated rings. The molecule has 0 aliphatic heterocycles. The van der Waals surface area contributed by atoms with Crippen LogP contribution in [0.2, 0.25) is 0 Å².